The van der Waals surface area contributed by atoms with E-state index in [2.05, 4.69) is 5.32 Å². The van der Waals surface area contributed by atoms with Crippen molar-refractivity contribution in [2.45, 2.75) is 12.5 Å². The molecule has 1 aliphatic heterocycles. The highest BCUT2D eigenvalue weighted by Gasteiger charge is 2.34. The minimum Gasteiger partial charge on any atom is -0.493 e. The number of carbonyl (C=O) groups excluding carboxylic acids is 2. The minimum atomic E-state index is -0.577. The maximum Gasteiger partial charge on any atom is 0.255 e. The van der Waals surface area contributed by atoms with Gasteiger partial charge >= 0.3 is 0 Å². The highest BCUT2D eigenvalue weighted by Crippen LogP contribution is 2.49. The van der Waals surface area contributed by atoms with Crippen molar-refractivity contribution in [2.75, 3.05) is 26.6 Å². The lowest BCUT2D eigenvalue weighted by Crippen LogP contribution is -2.22. The van der Waals surface area contributed by atoms with Crippen molar-refractivity contribution in [2.24, 2.45) is 0 Å². The third-order valence-electron chi connectivity index (χ3n) is 5.32. The second kappa shape index (κ2) is 9.42. The highest BCUT2D eigenvalue weighted by molar-refractivity contribution is 6.31. The van der Waals surface area contributed by atoms with Crippen molar-refractivity contribution in [3.8, 4) is 23.0 Å². The van der Waals surface area contributed by atoms with Gasteiger partial charge in [0.05, 0.1) is 27.8 Å². The lowest BCUT2D eigenvalue weighted by Gasteiger charge is -2.28. The molecule has 1 amide bonds. The van der Waals surface area contributed by atoms with Gasteiger partial charge in [-0.1, -0.05) is 29.8 Å². The Labute approximate surface area is 196 Å². The van der Waals surface area contributed by atoms with E-state index >= 15 is 0 Å². The van der Waals surface area contributed by atoms with Crippen LogP contribution in [0.2, 0.25) is 5.02 Å². The van der Waals surface area contributed by atoms with E-state index in [0.717, 1.165) is 0 Å². The fourth-order valence-corrected chi connectivity index (χ4v) is 3.98. The number of amides is 1. The van der Waals surface area contributed by atoms with Crippen LogP contribution in [0.3, 0.4) is 0 Å². The molecule has 3 aromatic rings. The normalized spacial score (nSPS) is 14.7. The predicted molar refractivity (Wildman–Crippen MR) is 124 cm³/mol. The molecule has 0 spiro atoms. The SMILES string of the molecule is COc1cc2c(c(OC)c1OC)C(=O)CC(c1cccc(C(=O)Nc3cccc(Cl)c3)c1)O2. The summed E-state index contributed by atoms with van der Waals surface area (Å²) in [6.45, 7) is 0. The van der Waals surface area contributed by atoms with E-state index in [9.17, 15) is 9.59 Å². The molecule has 1 aliphatic rings. The van der Waals surface area contributed by atoms with Gasteiger partial charge in [-0.3, -0.25) is 9.59 Å². The van der Waals surface area contributed by atoms with Crippen molar-refractivity contribution in [3.05, 3.63) is 76.3 Å². The van der Waals surface area contributed by atoms with E-state index in [1.54, 1.807) is 48.5 Å². The van der Waals surface area contributed by atoms with Crippen LogP contribution in [-0.4, -0.2) is 33.0 Å². The lowest BCUT2D eigenvalue weighted by atomic mass is 9.94. The molecule has 0 aromatic heterocycles. The first kappa shape index (κ1) is 22.5. The summed E-state index contributed by atoms with van der Waals surface area (Å²) in [5, 5.41) is 3.34. The Morgan fingerprint density at radius 3 is 2.45 bits per heavy atom. The molecule has 8 heteroatoms. The molecule has 1 unspecified atom stereocenters. The first-order valence-corrected chi connectivity index (χ1v) is 10.5. The van der Waals surface area contributed by atoms with Gasteiger partial charge in [0, 0.05) is 22.3 Å². The molecular formula is C25H22ClNO6. The number of ketones is 1. The lowest BCUT2D eigenvalue weighted by molar-refractivity contribution is 0.0842. The largest absolute Gasteiger partial charge is 0.493 e. The number of ether oxygens (including phenoxy) is 4. The van der Waals surface area contributed by atoms with E-state index in [1.165, 1.54) is 21.3 Å². The molecule has 0 aliphatic carbocycles. The van der Waals surface area contributed by atoms with Crippen LogP contribution in [0, 0.1) is 0 Å². The number of anilines is 1. The fourth-order valence-electron chi connectivity index (χ4n) is 3.79. The number of hydrogen-bond acceptors (Lipinski definition) is 6. The molecular weight excluding hydrogens is 446 g/mol. The smallest absolute Gasteiger partial charge is 0.255 e. The number of fused-ring (bicyclic) bond motifs is 1. The van der Waals surface area contributed by atoms with E-state index in [-0.39, 0.29) is 23.9 Å². The molecule has 170 valence electrons. The molecule has 0 radical (unpaired) electrons. The maximum atomic E-state index is 13.1. The topological polar surface area (TPSA) is 83.1 Å². The molecule has 7 nitrogen and oxygen atoms in total. The Hall–Kier alpha value is -3.71. The van der Waals surface area contributed by atoms with Crippen LogP contribution in [0.25, 0.3) is 0 Å². The first-order chi connectivity index (χ1) is 15.9. The second-order valence-electron chi connectivity index (χ2n) is 7.34. The summed E-state index contributed by atoms with van der Waals surface area (Å²) in [5.41, 5.74) is 2.02. The summed E-state index contributed by atoms with van der Waals surface area (Å²) in [7, 11) is 4.43. The zero-order valence-corrected chi connectivity index (χ0v) is 19.1. The monoisotopic (exact) mass is 467 g/mol. The molecule has 4 rings (SSSR count). The fraction of sp³-hybridized carbons (Fsp3) is 0.200. The van der Waals surface area contributed by atoms with Crippen molar-refractivity contribution >= 4 is 29.0 Å². The van der Waals surface area contributed by atoms with Crippen LogP contribution >= 0.6 is 11.6 Å². The number of nitrogens with one attached hydrogen (secondary N) is 1. The Balaban J connectivity index is 1.63. The molecule has 3 aromatic carbocycles. The summed E-state index contributed by atoms with van der Waals surface area (Å²) in [6, 6.07) is 15.5. The Bertz CT molecular complexity index is 1230. The van der Waals surface area contributed by atoms with Gasteiger partial charge in [-0.2, -0.15) is 0 Å². The number of carbonyl (C=O) groups is 2. The number of Topliss-reactive ketones (excluding diaryl/α,β-unsaturated/α-hetero) is 1. The molecule has 0 bridgehead atoms. The van der Waals surface area contributed by atoms with Crippen molar-refractivity contribution in [1.29, 1.82) is 0 Å². The van der Waals surface area contributed by atoms with Crippen LogP contribution < -0.4 is 24.3 Å². The van der Waals surface area contributed by atoms with E-state index in [1.807, 2.05) is 6.07 Å². The standard InChI is InChI=1S/C25H22ClNO6/c1-30-21-13-20-22(24(32-3)23(21)31-2)18(28)12-19(33-20)14-6-4-7-15(10-14)25(29)27-17-9-5-8-16(26)11-17/h4-11,13,19H,12H2,1-3H3,(H,27,29). The summed E-state index contributed by atoms with van der Waals surface area (Å²) < 4.78 is 22.3. The van der Waals surface area contributed by atoms with Gasteiger partial charge in [0.1, 0.15) is 17.4 Å². The van der Waals surface area contributed by atoms with E-state index in [0.29, 0.717) is 44.6 Å². The zero-order valence-electron chi connectivity index (χ0n) is 18.3. The number of methoxy groups -OCH3 is 3. The molecule has 1 atom stereocenters. The van der Waals surface area contributed by atoms with Crippen molar-refractivity contribution in [1.82, 2.24) is 0 Å². The Morgan fingerprint density at radius 1 is 1.00 bits per heavy atom. The second-order valence-corrected chi connectivity index (χ2v) is 7.78. The van der Waals surface area contributed by atoms with Crippen molar-refractivity contribution in [3.63, 3.8) is 0 Å². The van der Waals surface area contributed by atoms with Gasteiger partial charge in [-0.15, -0.1) is 0 Å². The summed E-state index contributed by atoms with van der Waals surface area (Å²) >= 11 is 5.99. The average molecular weight is 468 g/mol. The molecule has 1 N–H and O–H groups in total. The summed E-state index contributed by atoms with van der Waals surface area (Å²) in [4.78, 5) is 25.8. The molecule has 0 saturated heterocycles. The van der Waals surface area contributed by atoms with Crippen molar-refractivity contribution < 1.29 is 28.5 Å². The number of rotatable bonds is 6. The maximum absolute atomic E-state index is 13.1. The number of hydrogen-bond donors (Lipinski definition) is 1. The highest BCUT2D eigenvalue weighted by atomic mass is 35.5. The third-order valence-corrected chi connectivity index (χ3v) is 5.55. The van der Waals surface area contributed by atoms with Crippen LogP contribution in [0.15, 0.2) is 54.6 Å². The van der Waals surface area contributed by atoms with Gasteiger partial charge in [-0.05, 0) is 35.9 Å². The third kappa shape index (κ3) is 4.45. The molecule has 1 heterocycles. The molecule has 0 saturated carbocycles. The first-order valence-electron chi connectivity index (χ1n) is 10.1. The van der Waals surface area contributed by atoms with Gasteiger partial charge in [0.25, 0.3) is 5.91 Å². The zero-order chi connectivity index (χ0) is 23.5. The van der Waals surface area contributed by atoms with Crippen LogP contribution in [0.1, 0.15) is 38.8 Å². The van der Waals surface area contributed by atoms with Gasteiger partial charge in [0.15, 0.2) is 17.3 Å². The van der Waals surface area contributed by atoms with Gasteiger partial charge < -0.3 is 24.3 Å². The molecule has 0 fully saturated rings. The van der Waals surface area contributed by atoms with E-state index < -0.39 is 6.10 Å². The minimum absolute atomic E-state index is 0.0816. The van der Waals surface area contributed by atoms with Crippen LogP contribution in [-0.2, 0) is 0 Å². The van der Waals surface area contributed by atoms with Gasteiger partial charge in [0.2, 0.25) is 5.75 Å². The Morgan fingerprint density at radius 2 is 1.76 bits per heavy atom. The summed E-state index contributed by atoms with van der Waals surface area (Å²) in [5.74, 6) is 0.858. The van der Waals surface area contributed by atoms with E-state index in [4.69, 9.17) is 30.5 Å². The van der Waals surface area contributed by atoms with Gasteiger partial charge in [-0.25, -0.2) is 0 Å². The number of halogens is 1. The average Bonchev–Trinajstić information content (AvgIpc) is 2.82. The summed E-state index contributed by atoms with van der Waals surface area (Å²) in [6.07, 6.45) is -0.496. The van der Waals surface area contributed by atoms with Crippen LogP contribution in [0.5, 0.6) is 23.0 Å². The number of benzene rings is 3. The van der Waals surface area contributed by atoms with Crippen LogP contribution in [0.4, 0.5) is 5.69 Å². The molecule has 33 heavy (non-hydrogen) atoms. The predicted octanol–water partition coefficient (Wildman–Crippen LogP) is 5.32. The Kier molecular flexibility index (Phi) is 6.42. The quantitative estimate of drug-likeness (QED) is 0.528.